The van der Waals surface area contributed by atoms with Crippen molar-refractivity contribution in [3.63, 3.8) is 0 Å². The highest BCUT2D eigenvalue weighted by molar-refractivity contribution is 6.30. The van der Waals surface area contributed by atoms with Crippen molar-refractivity contribution >= 4 is 28.3 Å². The molecule has 0 bridgehead atoms. The summed E-state index contributed by atoms with van der Waals surface area (Å²) in [4.78, 5) is 4.90. The second-order valence-electron chi connectivity index (χ2n) is 6.38. The van der Waals surface area contributed by atoms with Crippen LogP contribution in [0.15, 0.2) is 82.2 Å². The first-order valence-electron chi connectivity index (χ1n) is 9.32. The zero-order chi connectivity index (χ0) is 20.2. The summed E-state index contributed by atoms with van der Waals surface area (Å²) >= 11 is 6.04. The second kappa shape index (κ2) is 8.41. The molecule has 0 aliphatic heterocycles. The molecular weight excluding hydrogens is 386 g/mol. The van der Waals surface area contributed by atoms with Crippen molar-refractivity contribution in [3.05, 3.63) is 83.2 Å². The van der Waals surface area contributed by atoms with E-state index >= 15 is 0 Å². The van der Waals surface area contributed by atoms with Crippen LogP contribution in [0, 0.1) is 0 Å². The number of fused-ring (bicyclic) bond motifs is 1. The molecule has 146 valence electrons. The Balaban J connectivity index is 1.98. The summed E-state index contributed by atoms with van der Waals surface area (Å²) in [5, 5.41) is 2.30. The lowest BCUT2D eigenvalue weighted by molar-refractivity contribution is 0.341. The topological polar surface area (TPSA) is 44.0 Å². The van der Waals surface area contributed by atoms with Crippen molar-refractivity contribution in [1.82, 2.24) is 0 Å². The van der Waals surface area contributed by atoms with Gasteiger partial charge in [-0.05, 0) is 61.5 Å². The Morgan fingerprint density at radius 3 is 2.52 bits per heavy atom. The number of rotatable bonds is 5. The van der Waals surface area contributed by atoms with Crippen LogP contribution in [-0.4, -0.2) is 13.7 Å². The SMILES string of the molecule is CCOc1ccccc1N=c1cc(-c2ccc(Cl)cc2)oc2ccc(OC)cc12. The van der Waals surface area contributed by atoms with E-state index in [4.69, 9.17) is 30.5 Å². The van der Waals surface area contributed by atoms with Crippen molar-refractivity contribution in [1.29, 1.82) is 0 Å². The smallest absolute Gasteiger partial charge is 0.144 e. The Morgan fingerprint density at radius 1 is 0.966 bits per heavy atom. The van der Waals surface area contributed by atoms with Gasteiger partial charge in [-0.2, -0.15) is 0 Å². The number of hydrogen-bond acceptors (Lipinski definition) is 4. The van der Waals surface area contributed by atoms with Crippen LogP contribution in [0.1, 0.15) is 6.92 Å². The predicted octanol–water partition coefficient (Wildman–Crippen LogP) is 6.39. The molecule has 0 fully saturated rings. The molecular formula is C24H20ClNO3. The number of benzene rings is 3. The van der Waals surface area contributed by atoms with Crippen LogP contribution in [0.5, 0.6) is 11.5 Å². The molecule has 3 aromatic carbocycles. The van der Waals surface area contributed by atoms with Crippen LogP contribution < -0.4 is 14.8 Å². The highest BCUT2D eigenvalue weighted by atomic mass is 35.5. The van der Waals surface area contributed by atoms with Gasteiger partial charge in [0.25, 0.3) is 0 Å². The van der Waals surface area contributed by atoms with E-state index < -0.39 is 0 Å². The van der Waals surface area contributed by atoms with Crippen LogP contribution in [0.25, 0.3) is 22.3 Å². The lowest BCUT2D eigenvalue weighted by Gasteiger charge is -2.09. The largest absolute Gasteiger partial charge is 0.497 e. The summed E-state index contributed by atoms with van der Waals surface area (Å²) in [6.07, 6.45) is 0. The van der Waals surface area contributed by atoms with Crippen molar-refractivity contribution < 1.29 is 13.9 Å². The third kappa shape index (κ3) is 4.13. The van der Waals surface area contributed by atoms with Gasteiger partial charge >= 0.3 is 0 Å². The molecule has 0 saturated carbocycles. The van der Waals surface area contributed by atoms with Gasteiger partial charge in [0.15, 0.2) is 0 Å². The maximum absolute atomic E-state index is 6.15. The Hall–Kier alpha value is -3.24. The van der Waals surface area contributed by atoms with Crippen LogP contribution in [-0.2, 0) is 0 Å². The predicted molar refractivity (Wildman–Crippen MR) is 116 cm³/mol. The van der Waals surface area contributed by atoms with Crippen molar-refractivity contribution in [2.24, 2.45) is 4.99 Å². The third-order valence-corrected chi connectivity index (χ3v) is 4.74. The van der Waals surface area contributed by atoms with E-state index in [2.05, 4.69) is 0 Å². The minimum Gasteiger partial charge on any atom is -0.497 e. The summed E-state index contributed by atoms with van der Waals surface area (Å²) in [5.41, 5.74) is 2.39. The van der Waals surface area contributed by atoms with Crippen molar-refractivity contribution in [2.45, 2.75) is 6.92 Å². The maximum atomic E-state index is 6.15. The fourth-order valence-electron chi connectivity index (χ4n) is 3.08. The standard InChI is InChI=1S/C24H20ClNO3/c1-3-28-23-7-5-4-6-20(23)26-21-15-24(16-8-10-17(25)11-9-16)29-22-13-12-18(27-2)14-19(21)22/h4-15H,3H2,1-2H3. The highest BCUT2D eigenvalue weighted by Crippen LogP contribution is 2.29. The van der Waals surface area contributed by atoms with E-state index in [9.17, 15) is 0 Å². The van der Waals surface area contributed by atoms with Gasteiger partial charge in [0.05, 0.1) is 19.1 Å². The van der Waals surface area contributed by atoms with E-state index in [0.29, 0.717) is 23.0 Å². The maximum Gasteiger partial charge on any atom is 0.144 e. The average Bonchev–Trinajstić information content (AvgIpc) is 2.75. The minimum atomic E-state index is 0.571. The molecule has 1 aromatic heterocycles. The molecule has 0 N–H and O–H groups in total. The molecule has 0 radical (unpaired) electrons. The summed E-state index contributed by atoms with van der Waals surface area (Å²) in [6.45, 7) is 2.53. The van der Waals surface area contributed by atoms with E-state index in [1.54, 1.807) is 7.11 Å². The summed E-state index contributed by atoms with van der Waals surface area (Å²) in [6, 6.07) is 22.9. The molecule has 0 atom stereocenters. The molecule has 0 aliphatic carbocycles. The molecule has 4 aromatic rings. The first kappa shape index (κ1) is 19.1. The Kier molecular flexibility index (Phi) is 5.54. The Morgan fingerprint density at radius 2 is 1.76 bits per heavy atom. The first-order valence-corrected chi connectivity index (χ1v) is 9.70. The summed E-state index contributed by atoms with van der Waals surface area (Å²) in [7, 11) is 1.64. The minimum absolute atomic E-state index is 0.571. The molecule has 0 saturated heterocycles. The molecule has 0 spiro atoms. The third-order valence-electron chi connectivity index (χ3n) is 4.49. The highest BCUT2D eigenvalue weighted by Gasteiger charge is 2.09. The van der Waals surface area contributed by atoms with Gasteiger partial charge < -0.3 is 13.9 Å². The monoisotopic (exact) mass is 405 g/mol. The molecule has 4 rings (SSSR count). The quantitative estimate of drug-likeness (QED) is 0.386. The number of para-hydroxylation sites is 2. The molecule has 0 amide bonds. The van der Waals surface area contributed by atoms with Gasteiger partial charge in [0, 0.05) is 22.0 Å². The molecule has 4 nitrogen and oxygen atoms in total. The van der Waals surface area contributed by atoms with E-state index in [1.807, 2.05) is 79.7 Å². The van der Waals surface area contributed by atoms with Crippen molar-refractivity contribution in [3.8, 4) is 22.8 Å². The Bertz CT molecular complexity index is 1210. The zero-order valence-electron chi connectivity index (χ0n) is 16.2. The normalized spacial score (nSPS) is 11.6. The lowest BCUT2D eigenvalue weighted by atomic mass is 10.1. The van der Waals surface area contributed by atoms with Gasteiger partial charge in [-0.25, -0.2) is 4.99 Å². The number of methoxy groups -OCH3 is 1. The molecule has 1 heterocycles. The fourth-order valence-corrected chi connectivity index (χ4v) is 3.21. The van der Waals surface area contributed by atoms with E-state index in [-0.39, 0.29) is 0 Å². The van der Waals surface area contributed by atoms with E-state index in [1.165, 1.54) is 0 Å². The van der Waals surface area contributed by atoms with Gasteiger partial charge in [0.2, 0.25) is 0 Å². The van der Waals surface area contributed by atoms with Gasteiger partial charge in [-0.15, -0.1) is 0 Å². The van der Waals surface area contributed by atoms with Crippen LogP contribution in [0.4, 0.5) is 5.69 Å². The number of ether oxygens (including phenoxy) is 2. The second-order valence-corrected chi connectivity index (χ2v) is 6.81. The van der Waals surface area contributed by atoms with E-state index in [0.717, 1.165) is 33.5 Å². The zero-order valence-corrected chi connectivity index (χ0v) is 16.9. The first-order chi connectivity index (χ1) is 14.2. The number of hydrogen-bond donors (Lipinski definition) is 0. The molecule has 0 unspecified atom stereocenters. The Labute approximate surface area is 174 Å². The average molecular weight is 406 g/mol. The van der Waals surface area contributed by atoms with Crippen LogP contribution in [0.2, 0.25) is 5.02 Å². The van der Waals surface area contributed by atoms with Crippen LogP contribution >= 0.6 is 11.6 Å². The van der Waals surface area contributed by atoms with Gasteiger partial charge in [0.1, 0.15) is 28.5 Å². The van der Waals surface area contributed by atoms with Gasteiger partial charge in [-0.1, -0.05) is 23.7 Å². The fraction of sp³-hybridized carbons (Fsp3) is 0.125. The number of nitrogens with zero attached hydrogens (tertiary/aromatic N) is 1. The van der Waals surface area contributed by atoms with Crippen molar-refractivity contribution in [2.75, 3.05) is 13.7 Å². The number of halogens is 1. The van der Waals surface area contributed by atoms with Crippen LogP contribution in [0.3, 0.4) is 0 Å². The molecule has 29 heavy (non-hydrogen) atoms. The summed E-state index contributed by atoms with van der Waals surface area (Å²) in [5.74, 6) is 2.17. The summed E-state index contributed by atoms with van der Waals surface area (Å²) < 4.78 is 17.3. The molecule has 5 heteroatoms. The lowest BCUT2D eigenvalue weighted by Crippen LogP contribution is -2.04. The molecule has 0 aliphatic rings. The van der Waals surface area contributed by atoms with Gasteiger partial charge in [-0.3, -0.25) is 0 Å².